The van der Waals surface area contributed by atoms with Gasteiger partial charge in [0.15, 0.2) is 5.69 Å². The fraction of sp³-hybridized carbons (Fsp3) is 0.125. The molecule has 14 heavy (non-hydrogen) atoms. The summed E-state index contributed by atoms with van der Waals surface area (Å²) in [6.45, 7) is 0. The van der Waals surface area contributed by atoms with Gasteiger partial charge in [0.25, 0.3) is 0 Å². The summed E-state index contributed by atoms with van der Waals surface area (Å²) in [7, 11) is 1.30. The monoisotopic (exact) mass is 211 g/mol. The summed E-state index contributed by atoms with van der Waals surface area (Å²) >= 11 is 5.80. The van der Waals surface area contributed by atoms with E-state index in [0.717, 1.165) is 0 Å². The van der Waals surface area contributed by atoms with E-state index in [2.05, 4.69) is 14.8 Å². The first-order valence-corrected chi connectivity index (χ1v) is 4.18. The van der Waals surface area contributed by atoms with Crippen LogP contribution in [0.15, 0.2) is 18.5 Å². The lowest BCUT2D eigenvalue weighted by molar-refractivity contribution is 0.0596. The maximum atomic E-state index is 11.3. The van der Waals surface area contributed by atoms with Crippen LogP contribution in [0.4, 0.5) is 0 Å². The Morgan fingerprint density at radius 1 is 1.64 bits per heavy atom. The van der Waals surface area contributed by atoms with E-state index in [1.807, 2.05) is 0 Å². The number of methoxy groups -OCH3 is 1. The molecule has 0 bridgehead atoms. The van der Waals surface area contributed by atoms with Crippen molar-refractivity contribution in [3.63, 3.8) is 0 Å². The minimum Gasteiger partial charge on any atom is -0.464 e. The molecule has 0 saturated carbocycles. The van der Waals surface area contributed by atoms with Gasteiger partial charge < -0.3 is 4.74 Å². The van der Waals surface area contributed by atoms with Gasteiger partial charge in [-0.3, -0.25) is 0 Å². The second kappa shape index (κ2) is 3.26. The van der Waals surface area contributed by atoms with Gasteiger partial charge in [-0.05, 0) is 6.07 Å². The number of ether oxygens (including phenoxy) is 1. The number of rotatable bonds is 1. The molecule has 0 radical (unpaired) electrons. The number of hydrogen-bond donors (Lipinski definition) is 0. The number of nitrogens with zero attached hydrogens (tertiary/aromatic N) is 3. The van der Waals surface area contributed by atoms with Gasteiger partial charge in [0.05, 0.1) is 19.5 Å². The van der Waals surface area contributed by atoms with Crippen molar-refractivity contribution in [1.29, 1.82) is 0 Å². The van der Waals surface area contributed by atoms with Crippen molar-refractivity contribution in [3.05, 3.63) is 29.3 Å². The molecule has 0 aromatic carbocycles. The van der Waals surface area contributed by atoms with E-state index in [1.54, 1.807) is 6.07 Å². The maximum Gasteiger partial charge on any atom is 0.358 e. The van der Waals surface area contributed by atoms with Crippen LogP contribution >= 0.6 is 11.6 Å². The van der Waals surface area contributed by atoms with Crippen LogP contribution in [0.5, 0.6) is 0 Å². The third-order valence-corrected chi connectivity index (χ3v) is 2.02. The number of halogens is 1. The number of hydrogen-bond acceptors (Lipinski definition) is 4. The summed E-state index contributed by atoms with van der Waals surface area (Å²) in [4.78, 5) is 15.1. The first-order chi connectivity index (χ1) is 6.74. The summed E-state index contributed by atoms with van der Waals surface area (Å²) in [5.41, 5.74) is 0.735. The van der Waals surface area contributed by atoms with Gasteiger partial charge >= 0.3 is 5.97 Å². The Bertz CT molecular complexity index is 494. The van der Waals surface area contributed by atoms with Crippen LogP contribution in [0.3, 0.4) is 0 Å². The molecule has 72 valence electrons. The highest BCUT2D eigenvalue weighted by Crippen LogP contribution is 2.14. The molecule has 2 aromatic heterocycles. The van der Waals surface area contributed by atoms with Crippen LogP contribution in [0.25, 0.3) is 5.52 Å². The van der Waals surface area contributed by atoms with E-state index in [0.29, 0.717) is 10.7 Å². The van der Waals surface area contributed by atoms with E-state index < -0.39 is 5.97 Å². The van der Waals surface area contributed by atoms with Crippen molar-refractivity contribution in [2.75, 3.05) is 7.11 Å². The quantitative estimate of drug-likeness (QED) is 0.665. The summed E-state index contributed by atoms with van der Waals surface area (Å²) in [5, 5.41) is 4.28. The summed E-state index contributed by atoms with van der Waals surface area (Å²) in [6, 6.07) is 1.64. The highest BCUT2D eigenvalue weighted by molar-refractivity contribution is 6.29. The molecule has 6 heteroatoms. The van der Waals surface area contributed by atoms with Gasteiger partial charge in [-0.15, -0.1) is 0 Å². The zero-order valence-electron chi connectivity index (χ0n) is 7.27. The lowest BCUT2D eigenvalue weighted by Gasteiger charge is -2.01. The normalized spacial score (nSPS) is 10.4. The van der Waals surface area contributed by atoms with Crippen molar-refractivity contribution < 1.29 is 9.53 Å². The molecule has 0 aliphatic heterocycles. The maximum absolute atomic E-state index is 11.3. The van der Waals surface area contributed by atoms with Gasteiger partial charge in [0.2, 0.25) is 0 Å². The zero-order valence-corrected chi connectivity index (χ0v) is 8.02. The van der Waals surface area contributed by atoms with Crippen molar-refractivity contribution in [2.24, 2.45) is 0 Å². The molecule has 0 amide bonds. The van der Waals surface area contributed by atoms with Crippen molar-refractivity contribution in [1.82, 2.24) is 14.6 Å². The number of esters is 1. The van der Waals surface area contributed by atoms with Crippen molar-refractivity contribution in [2.45, 2.75) is 0 Å². The van der Waals surface area contributed by atoms with Gasteiger partial charge in [-0.25, -0.2) is 14.3 Å². The second-order valence-electron chi connectivity index (χ2n) is 2.55. The molecule has 0 fully saturated rings. The first kappa shape index (κ1) is 8.96. The van der Waals surface area contributed by atoms with Crippen LogP contribution in [-0.2, 0) is 4.74 Å². The Kier molecular flexibility index (Phi) is 2.09. The number of carbonyl (C=O) groups excluding carboxylic acids is 1. The standard InChI is InChI=1S/C8H6ClN3O2/c1-14-8(13)7-5-2-3-11-12(5)6(9)4-10-7/h2-4H,1H3. The molecule has 0 atom stereocenters. The minimum atomic E-state index is -0.507. The van der Waals surface area contributed by atoms with Crippen LogP contribution in [0.1, 0.15) is 10.5 Å². The molecule has 0 unspecified atom stereocenters. The van der Waals surface area contributed by atoms with E-state index in [1.165, 1.54) is 24.0 Å². The third kappa shape index (κ3) is 1.22. The van der Waals surface area contributed by atoms with Crippen molar-refractivity contribution in [3.8, 4) is 0 Å². The lowest BCUT2D eigenvalue weighted by atomic mass is 10.3. The first-order valence-electron chi connectivity index (χ1n) is 3.80. The largest absolute Gasteiger partial charge is 0.464 e. The van der Waals surface area contributed by atoms with E-state index >= 15 is 0 Å². The van der Waals surface area contributed by atoms with Crippen LogP contribution in [0.2, 0.25) is 5.15 Å². The molecule has 2 aromatic rings. The van der Waals surface area contributed by atoms with Crippen LogP contribution in [-0.4, -0.2) is 27.7 Å². The van der Waals surface area contributed by atoms with Crippen LogP contribution in [0, 0.1) is 0 Å². The smallest absolute Gasteiger partial charge is 0.358 e. The number of carbonyl (C=O) groups is 1. The van der Waals surface area contributed by atoms with Gasteiger partial charge in [-0.2, -0.15) is 5.10 Å². The number of fused-ring (bicyclic) bond motifs is 1. The highest BCUT2D eigenvalue weighted by Gasteiger charge is 2.14. The van der Waals surface area contributed by atoms with Crippen molar-refractivity contribution >= 4 is 23.1 Å². The number of aromatic nitrogens is 3. The lowest BCUT2D eigenvalue weighted by Crippen LogP contribution is -2.07. The summed E-state index contributed by atoms with van der Waals surface area (Å²) < 4.78 is 5.99. The molecule has 0 N–H and O–H groups in total. The molecule has 0 aliphatic rings. The molecule has 5 nitrogen and oxygen atoms in total. The Labute approximate surface area is 84.3 Å². The van der Waals surface area contributed by atoms with Gasteiger partial charge in [0, 0.05) is 0 Å². The predicted octanol–water partition coefficient (Wildman–Crippen LogP) is 1.17. The van der Waals surface area contributed by atoms with Gasteiger partial charge in [0.1, 0.15) is 10.7 Å². The Hall–Kier alpha value is -1.62. The second-order valence-corrected chi connectivity index (χ2v) is 2.94. The highest BCUT2D eigenvalue weighted by atomic mass is 35.5. The molecule has 0 aliphatic carbocycles. The molecule has 0 spiro atoms. The van der Waals surface area contributed by atoms with Crippen LogP contribution < -0.4 is 0 Å². The topological polar surface area (TPSA) is 56.5 Å². The third-order valence-electron chi connectivity index (χ3n) is 1.77. The minimum absolute atomic E-state index is 0.203. The zero-order chi connectivity index (χ0) is 10.1. The van der Waals surface area contributed by atoms with E-state index in [4.69, 9.17) is 11.6 Å². The predicted molar refractivity (Wildman–Crippen MR) is 49.3 cm³/mol. The Morgan fingerprint density at radius 3 is 3.14 bits per heavy atom. The molecule has 2 heterocycles. The van der Waals surface area contributed by atoms with Gasteiger partial charge in [-0.1, -0.05) is 11.6 Å². The molecular formula is C8H6ClN3O2. The Morgan fingerprint density at radius 2 is 2.43 bits per heavy atom. The Balaban J connectivity index is 2.72. The fourth-order valence-electron chi connectivity index (χ4n) is 1.15. The van der Waals surface area contributed by atoms with E-state index in [9.17, 15) is 4.79 Å². The summed E-state index contributed by atoms with van der Waals surface area (Å²) in [5.74, 6) is -0.507. The molecule has 2 rings (SSSR count). The average molecular weight is 212 g/mol. The van der Waals surface area contributed by atoms with E-state index in [-0.39, 0.29) is 5.69 Å². The average Bonchev–Trinajstić information content (AvgIpc) is 2.67. The fourth-order valence-corrected chi connectivity index (χ4v) is 1.33. The SMILES string of the molecule is COC(=O)c1ncc(Cl)n2nccc12. The summed E-state index contributed by atoms with van der Waals surface area (Å²) in [6.07, 6.45) is 2.89. The molecular weight excluding hydrogens is 206 g/mol. The molecule has 0 saturated heterocycles.